The normalized spacial score (nSPS) is 14.0. The van der Waals surface area contributed by atoms with E-state index in [0.717, 1.165) is 12.0 Å². The number of ether oxygens (including phenoxy) is 1. The summed E-state index contributed by atoms with van der Waals surface area (Å²) in [6, 6.07) is 10.1. The van der Waals surface area contributed by atoms with Gasteiger partial charge in [-0.3, -0.25) is 4.79 Å². The van der Waals surface area contributed by atoms with Crippen molar-refractivity contribution in [3.8, 4) is 0 Å². The second kappa shape index (κ2) is 7.00. The smallest absolute Gasteiger partial charge is 0.302 e. The Morgan fingerprint density at radius 2 is 1.94 bits per heavy atom. The van der Waals surface area contributed by atoms with Crippen LogP contribution in [0.4, 0.5) is 0 Å². The van der Waals surface area contributed by atoms with Crippen LogP contribution >= 0.6 is 0 Å². The van der Waals surface area contributed by atoms with Crippen molar-refractivity contribution in [2.24, 2.45) is 5.92 Å². The van der Waals surface area contributed by atoms with Gasteiger partial charge in [0, 0.05) is 12.8 Å². The van der Waals surface area contributed by atoms with E-state index in [4.69, 9.17) is 4.74 Å². The summed E-state index contributed by atoms with van der Waals surface area (Å²) in [5, 5.41) is 0. The topological polar surface area (TPSA) is 26.3 Å². The van der Waals surface area contributed by atoms with Crippen molar-refractivity contribution in [2.75, 3.05) is 0 Å². The highest BCUT2D eigenvalue weighted by Crippen LogP contribution is 2.27. The number of carbonyl (C=O) groups excluding carboxylic acids is 1. The second-order valence-corrected chi connectivity index (χ2v) is 4.95. The number of hydrogen-bond acceptors (Lipinski definition) is 2. The summed E-state index contributed by atoms with van der Waals surface area (Å²) in [7, 11) is 0. The van der Waals surface area contributed by atoms with Gasteiger partial charge in [0.1, 0.15) is 6.10 Å². The van der Waals surface area contributed by atoms with Crippen molar-refractivity contribution in [1.82, 2.24) is 0 Å². The van der Waals surface area contributed by atoms with E-state index in [1.807, 2.05) is 36.4 Å². The molecule has 2 atom stereocenters. The standard InChI is InChI=1S/C16H22O2/c1-5-15(14-9-7-6-8-10-14)16(11-12(2)3)18-13(4)17/h5-10,12,15-16H,1,11H2,2-4H3/t15-,16-/m1/s1. The van der Waals surface area contributed by atoms with Crippen LogP contribution < -0.4 is 0 Å². The third kappa shape index (κ3) is 4.36. The van der Waals surface area contributed by atoms with Gasteiger partial charge in [-0.05, 0) is 17.9 Å². The van der Waals surface area contributed by atoms with Gasteiger partial charge < -0.3 is 4.74 Å². The molecule has 0 spiro atoms. The van der Waals surface area contributed by atoms with Gasteiger partial charge in [-0.1, -0.05) is 50.3 Å². The van der Waals surface area contributed by atoms with Gasteiger partial charge in [0.05, 0.1) is 0 Å². The second-order valence-electron chi connectivity index (χ2n) is 4.95. The maximum atomic E-state index is 11.2. The predicted octanol–water partition coefficient (Wildman–Crippen LogP) is 3.93. The van der Waals surface area contributed by atoms with E-state index in [-0.39, 0.29) is 18.0 Å². The van der Waals surface area contributed by atoms with E-state index in [0.29, 0.717) is 5.92 Å². The minimum Gasteiger partial charge on any atom is -0.462 e. The molecular formula is C16H22O2. The van der Waals surface area contributed by atoms with Crippen LogP contribution in [-0.2, 0) is 9.53 Å². The molecule has 2 heteroatoms. The molecule has 1 rings (SSSR count). The molecule has 18 heavy (non-hydrogen) atoms. The first-order valence-electron chi connectivity index (χ1n) is 6.39. The number of hydrogen-bond donors (Lipinski definition) is 0. The third-order valence-corrected chi connectivity index (χ3v) is 2.86. The quantitative estimate of drug-likeness (QED) is 0.561. The van der Waals surface area contributed by atoms with E-state index in [1.54, 1.807) is 0 Å². The molecular weight excluding hydrogens is 224 g/mol. The van der Waals surface area contributed by atoms with Gasteiger partial charge in [0.2, 0.25) is 0 Å². The fourth-order valence-electron chi connectivity index (χ4n) is 2.12. The lowest BCUT2D eigenvalue weighted by molar-refractivity contribution is -0.147. The Hall–Kier alpha value is -1.57. The molecule has 1 aromatic carbocycles. The average molecular weight is 246 g/mol. The molecule has 0 N–H and O–H groups in total. The van der Waals surface area contributed by atoms with E-state index in [1.165, 1.54) is 6.92 Å². The maximum absolute atomic E-state index is 11.2. The highest BCUT2D eigenvalue weighted by Gasteiger charge is 2.24. The molecule has 0 aromatic heterocycles. The largest absolute Gasteiger partial charge is 0.462 e. The van der Waals surface area contributed by atoms with Gasteiger partial charge in [0.15, 0.2) is 0 Å². The number of esters is 1. The molecule has 0 fully saturated rings. The Balaban J connectivity index is 2.92. The Morgan fingerprint density at radius 3 is 2.39 bits per heavy atom. The zero-order valence-electron chi connectivity index (χ0n) is 11.4. The van der Waals surface area contributed by atoms with Crippen molar-refractivity contribution in [2.45, 2.75) is 39.2 Å². The lowest BCUT2D eigenvalue weighted by Gasteiger charge is -2.26. The van der Waals surface area contributed by atoms with Crippen LogP contribution in [0.3, 0.4) is 0 Å². The summed E-state index contributed by atoms with van der Waals surface area (Å²) in [5.41, 5.74) is 1.14. The maximum Gasteiger partial charge on any atom is 0.302 e. The number of carbonyl (C=O) groups is 1. The molecule has 0 saturated carbocycles. The highest BCUT2D eigenvalue weighted by molar-refractivity contribution is 5.66. The van der Waals surface area contributed by atoms with Gasteiger partial charge in [0.25, 0.3) is 0 Å². The fraction of sp³-hybridized carbons (Fsp3) is 0.438. The van der Waals surface area contributed by atoms with Crippen molar-refractivity contribution in [3.63, 3.8) is 0 Å². The van der Waals surface area contributed by atoms with Crippen molar-refractivity contribution in [1.29, 1.82) is 0 Å². The van der Waals surface area contributed by atoms with Crippen LogP contribution in [0.25, 0.3) is 0 Å². The van der Waals surface area contributed by atoms with E-state index < -0.39 is 0 Å². The van der Waals surface area contributed by atoms with Gasteiger partial charge in [-0.2, -0.15) is 0 Å². The first kappa shape index (κ1) is 14.5. The molecule has 0 heterocycles. The Morgan fingerprint density at radius 1 is 1.33 bits per heavy atom. The Labute approximate surface area is 110 Å². The molecule has 0 radical (unpaired) electrons. The van der Waals surface area contributed by atoms with Crippen LogP contribution in [0.15, 0.2) is 43.0 Å². The summed E-state index contributed by atoms with van der Waals surface area (Å²) in [6.45, 7) is 9.59. The molecule has 2 nitrogen and oxygen atoms in total. The Bertz CT molecular complexity index is 381. The van der Waals surface area contributed by atoms with Crippen LogP contribution in [0.5, 0.6) is 0 Å². The van der Waals surface area contributed by atoms with Crippen LogP contribution in [0, 0.1) is 5.92 Å². The molecule has 0 aliphatic carbocycles. The minimum atomic E-state index is -0.233. The minimum absolute atomic E-state index is 0.0532. The van der Waals surface area contributed by atoms with Crippen LogP contribution in [0.1, 0.15) is 38.7 Å². The van der Waals surface area contributed by atoms with Gasteiger partial charge in [-0.25, -0.2) is 0 Å². The SMILES string of the molecule is C=C[C@H](c1ccccc1)[C@@H](CC(C)C)OC(C)=O. The first-order chi connectivity index (χ1) is 8.54. The van der Waals surface area contributed by atoms with Crippen LogP contribution in [0.2, 0.25) is 0 Å². The Kier molecular flexibility index (Phi) is 5.63. The number of rotatable bonds is 6. The average Bonchev–Trinajstić information content (AvgIpc) is 2.29. The highest BCUT2D eigenvalue weighted by atomic mass is 16.5. The fourth-order valence-corrected chi connectivity index (χ4v) is 2.12. The lowest BCUT2D eigenvalue weighted by Crippen LogP contribution is -2.25. The molecule has 0 saturated heterocycles. The van der Waals surface area contributed by atoms with Gasteiger partial charge in [-0.15, -0.1) is 6.58 Å². The van der Waals surface area contributed by atoms with E-state index in [9.17, 15) is 4.79 Å². The molecule has 0 amide bonds. The predicted molar refractivity (Wildman–Crippen MR) is 74.4 cm³/mol. The summed E-state index contributed by atoms with van der Waals surface area (Å²) in [4.78, 5) is 11.2. The molecule has 98 valence electrons. The van der Waals surface area contributed by atoms with Crippen molar-refractivity contribution < 1.29 is 9.53 Å². The zero-order chi connectivity index (χ0) is 13.5. The molecule has 0 bridgehead atoms. The molecule has 1 aromatic rings. The summed E-state index contributed by atoms with van der Waals surface area (Å²) in [6.07, 6.45) is 2.57. The van der Waals surface area contributed by atoms with E-state index in [2.05, 4.69) is 20.4 Å². The number of benzene rings is 1. The molecule has 0 aliphatic rings. The zero-order valence-corrected chi connectivity index (χ0v) is 11.4. The van der Waals surface area contributed by atoms with Crippen molar-refractivity contribution in [3.05, 3.63) is 48.6 Å². The van der Waals surface area contributed by atoms with E-state index >= 15 is 0 Å². The molecule has 0 unspecified atom stereocenters. The van der Waals surface area contributed by atoms with Crippen LogP contribution in [-0.4, -0.2) is 12.1 Å². The molecule has 0 aliphatic heterocycles. The van der Waals surface area contributed by atoms with Crippen molar-refractivity contribution >= 4 is 5.97 Å². The summed E-state index contributed by atoms with van der Waals surface area (Å²) in [5.74, 6) is 0.293. The van der Waals surface area contributed by atoms with Gasteiger partial charge >= 0.3 is 5.97 Å². The first-order valence-corrected chi connectivity index (χ1v) is 6.39. The summed E-state index contributed by atoms with van der Waals surface area (Å²) < 4.78 is 5.46. The summed E-state index contributed by atoms with van der Waals surface area (Å²) >= 11 is 0. The third-order valence-electron chi connectivity index (χ3n) is 2.86. The lowest BCUT2D eigenvalue weighted by atomic mass is 9.88. The monoisotopic (exact) mass is 246 g/mol.